The number of aryl methyl sites for hydroxylation is 2. The first kappa shape index (κ1) is 11.3. The van der Waals surface area contributed by atoms with Crippen molar-refractivity contribution in [3.05, 3.63) is 34.8 Å². The van der Waals surface area contributed by atoms with Gasteiger partial charge in [0.05, 0.1) is 16.9 Å². The molecule has 2 N–H and O–H groups in total. The van der Waals surface area contributed by atoms with E-state index in [1.54, 1.807) is 4.68 Å². The van der Waals surface area contributed by atoms with Crippen molar-refractivity contribution in [1.82, 2.24) is 14.3 Å². The summed E-state index contributed by atoms with van der Waals surface area (Å²) in [5, 5.41) is 5.39. The summed E-state index contributed by atoms with van der Waals surface area (Å²) in [6.45, 7) is 0. The lowest BCUT2D eigenvalue weighted by Crippen LogP contribution is -1.98. The second kappa shape index (κ2) is 3.88. The molecule has 1 aromatic carbocycles. The summed E-state index contributed by atoms with van der Waals surface area (Å²) in [5.74, 6) is 0.539. The number of benzene rings is 1. The quantitative estimate of drug-likeness (QED) is 0.751. The topological polar surface area (TPSA) is 48.8 Å². The Kier molecular flexibility index (Phi) is 2.45. The van der Waals surface area contributed by atoms with Crippen molar-refractivity contribution >= 4 is 32.7 Å². The molecule has 0 aliphatic rings. The van der Waals surface area contributed by atoms with Gasteiger partial charge < -0.3 is 10.3 Å². The first-order valence-electron chi connectivity index (χ1n) is 5.62. The van der Waals surface area contributed by atoms with Crippen molar-refractivity contribution in [2.75, 3.05) is 5.73 Å². The third-order valence-corrected chi connectivity index (χ3v) is 3.81. The molecule has 3 aromatic rings. The molecule has 18 heavy (non-hydrogen) atoms. The zero-order chi connectivity index (χ0) is 12.9. The van der Waals surface area contributed by atoms with Gasteiger partial charge in [0.15, 0.2) is 0 Å². The first-order chi connectivity index (χ1) is 8.58. The van der Waals surface area contributed by atoms with Crippen LogP contribution in [0, 0.1) is 0 Å². The molecule has 3 rings (SSSR count). The molecule has 0 saturated carbocycles. The van der Waals surface area contributed by atoms with Crippen LogP contribution in [0.3, 0.4) is 0 Å². The molecule has 0 aliphatic heterocycles. The maximum Gasteiger partial charge on any atom is 0.146 e. The van der Waals surface area contributed by atoms with E-state index in [4.69, 9.17) is 5.73 Å². The highest BCUT2D eigenvalue weighted by Crippen LogP contribution is 2.31. The number of halogens is 1. The molecule has 2 aromatic heterocycles. The van der Waals surface area contributed by atoms with E-state index in [1.807, 2.05) is 32.3 Å². The summed E-state index contributed by atoms with van der Waals surface area (Å²) >= 11 is 3.59. The van der Waals surface area contributed by atoms with Crippen LogP contribution in [0.5, 0.6) is 0 Å². The Hall–Kier alpha value is -1.75. The second-order valence-electron chi connectivity index (χ2n) is 4.34. The number of fused-ring (bicyclic) bond motifs is 1. The van der Waals surface area contributed by atoms with Crippen molar-refractivity contribution < 1.29 is 0 Å². The van der Waals surface area contributed by atoms with Gasteiger partial charge in [-0.2, -0.15) is 5.10 Å². The number of hydrogen-bond donors (Lipinski definition) is 1. The average Bonchev–Trinajstić information content (AvgIpc) is 2.80. The highest BCUT2D eigenvalue weighted by atomic mass is 79.9. The molecule has 0 bridgehead atoms. The summed E-state index contributed by atoms with van der Waals surface area (Å²) in [7, 11) is 3.95. The molecule has 0 amide bonds. The number of hydrogen-bond acceptors (Lipinski definition) is 2. The summed E-state index contributed by atoms with van der Waals surface area (Å²) in [6.07, 6.45) is 0. The normalized spacial score (nSPS) is 11.3. The number of nitrogens with zero attached hydrogens (tertiary/aromatic N) is 3. The van der Waals surface area contributed by atoms with Crippen LogP contribution in [0.2, 0.25) is 0 Å². The van der Waals surface area contributed by atoms with Gasteiger partial charge in [-0.05, 0) is 28.1 Å². The maximum atomic E-state index is 5.74. The number of anilines is 1. The predicted octanol–water partition coefficient (Wildman–Crippen LogP) is 2.92. The van der Waals surface area contributed by atoms with Gasteiger partial charge in [-0.15, -0.1) is 0 Å². The molecule has 0 radical (unpaired) electrons. The van der Waals surface area contributed by atoms with Crippen molar-refractivity contribution in [3.8, 4) is 11.4 Å². The van der Waals surface area contributed by atoms with Gasteiger partial charge >= 0.3 is 0 Å². The molecule has 2 heterocycles. The summed E-state index contributed by atoms with van der Waals surface area (Å²) in [5.41, 5.74) is 9.03. The number of nitrogen functional groups attached to an aromatic ring is 1. The van der Waals surface area contributed by atoms with Crippen LogP contribution < -0.4 is 5.73 Å². The standard InChI is InChI=1S/C13H13BrN4/c1-17-10(11-7-12(15)16-18(11)2)6-8-4-3-5-9(14)13(8)17/h3-7H,1-2H3,(H2,15,16). The lowest BCUT2D eigenvalue weighted by Gasteiger charge is -2.05. The highest BCUT2D eigenvalue weighted by Gasteiger charge is 2.13. The van der Waals surface area contributed by atoms with Gasteiger partial charge in [-0.3, -0.25) is 4.68 Å². The maximum absolute atomic E-state index is 5.74. The fraction of sp³-hybridized carbons (Fsp3) is 0.154. The summed E-state index contributed by atoms with van der Waals surface area (Å²) < 4.78 is 5.04. The van der Waals surface area contributed by atoms with Crippen LogP contribution in [0.15, 0.2) is 34.8 Å². The molecular formula is C13H13BrN4. The Balaban J connectivity index is 2.34. The minimum absolute atomic E-state index is 0.539. The van der Waals surface area contributed by atoms with Crippen molar-refractivity contribution in [2.45, 2.75) is 0 Å². The van der Waals surface area contributed by atoms with E-state index in [9.17, 15) is 0 Å². The Morgan fingerprint density at radius 3 is 2.56 bits per heavy atom. The van der Waals surface area contributed by atoms with Crippen LogP contribution >= 0.6 is 15.9 Å². The SMILES string of the molecule is Cn1nc(N)cc1-c1cc2cccc(Br)c2n1C. The Morgan fingerprint density at radius 2 is 1.94 bits per heavy atom. The van der Waals surface area contributed by atoms with Crippen molar-refractivity contribution in [1.29, 1.82) is 0 Å². The molecule has 0 spiro atoms. The van der Waals surface area contributed by atoms with Crippen molar-refractivity contribution in [2.24, 2.45) is 14.1 Å². The van der Waals surface area contributed by atoms with Gasteiger partial charge in [0.25, 0.3) is 0 Å². The Morgan fingerprint density at radius 1 is 1.17 bits per heavy atom. The molecule has 92 valence electrons. The van der Waals surface area contributed by atoms with E-state index in [-0.39, 0.29) is 0 Å². The van der Waals surface area contributed by atoms with E-state index in [2.05, 4.69) is 37.7 Å². The Bertz CT molecular complexity index is 739. The van der Waals surface area contributed by atoms with Crippen LogP contribution in [0.25, 0.3) is 22.3 Å². The number of aromatic nitrogens is 3. The smallest absolute Gasteiger partial charge is 0.146 e. The molecule has 0 saturated heterocycles. The molecule has 5 heteroatoms. The molecular weight excluding hydrogens is 292 g/mol. The Labute approximate surface area is 113 Å². The zero-order valence-electron chi connectivity index (χ0n) is 10.2. The zero-order valence-corrected chi connectivity index (χ0v) is 11.8. The van der Waals surface area contributed by atoms with E-state index < -0.39 is 0 Å². The van der Waals surface area contributed by atoms with E-state index >= 15 is 0 Å². The molecule has 0 atom stereocenters. The summed E-state index contributed by atoms with van der Waals surface area (Å²) in [6, 6.07) is 10.2. The number of nitrogens with two attached hydrogens (primary N) is 1. The van der Waals surface area contributed by atoms with E-state index in [0.717, 1.165) is 15.9 Å². The van der Waals surface area contributed by atoms with Gasteiger partial charge in [0.2, 0.25) is 0 Å². The van der Waals surface area contributed by atoms with Crippen LogP contribution in [-0.4, -0.2) is 14.3 Å². The van der Waals surface area contributed by atoms with E-state index in [0.29, 0.717) is 5.82 Å². The predicted molar refractivity (Wildman–Crippen MR) is 77.2 cm³/mol. The van der Waals surface area contributed by atoms with Gasteiger partial charge in [0.1, 0.15) is 5.82 Å². The molecule has 0 unspecified atom stereocenters. The third kappa shape index (κ3) is 1.54. The lowest BCUT2D eigenvalue weighted by molar-refractivity contribution is 0.772. The fourth-order valence-corrected chi connectivity index (χ4v) is 2.99. The van der Waals surface area contributed by atoms with Gasteiger partial charge in [-0.1, -0.05) is 12.1 Å². The second-order valence-corrected chi connectivity index (χ2v) is 5.20. The van der Waals surface area contributed by atoms with Crippen LogP contribution in [-0.2, 0) is 14.1 Å². The van der Waals surface area contributed by atoms with Crippen LogP contribution in [0.4, 0.5) is 5.82 Å². The average molecular weight is 305 g/mol. The minimum atomic E-state index is 0.539. The van der Waals surface area contributed by atoms with Crippen LogP contribution in [0.1, 0.15) is 0 Å². The van der Waals surface area contributed by atoms with E-state index in [1.165, 1.54) is 10.9 Å². The molecule has 0 fully saturated rings. The third-order valence-electron chi connectivity index (χ3n) is 3.17. The number of para-hydroxylation sites is 1. The first-order valence-corrected chi connectivity index (χ1v) is 6.41. The highest BCUT2D eigenvalue weighted by molar-refractivity contribution is 9.10. The largest absolute Gasteiger partial charge is 0.382 e. The van der Waals surface area contributed by atoms with Gasteiger partial charge in [0, 0.05) is 30.0 Å². The minimum Gasteiger partial charge on any atom is -0.382 e. The molecule has 4 nitrogen and oxygen atoms in total. The molecule has 0 aliphatic carbocycles. The van der Waals surface area contributed by atoms with Gasteiger partial charge in [-0.25, -0.2) is 0 Å². The lowest BCUT2D eigenvalue weighted by atomic mass is 10.2. The van der Waals surface area contributed by atoms with Crippen molar-refractivity contribution in [3.63, 3.8) is 0 Å². The monoisotopic (exact) mass is 304 g/mol. The summed E-state index contributed by atoms with van der Waals surface area (Å²) in [4.78, 5) is 0. The fourth-order valence-electron chi connectivity index (χ4n) is 2.34. The number of rotatable bonds is 1.